The Hall–Kier alpha value is -1.95. The summed E-state index contributed by atoms with van der Waals surface area (Å²) in [6, 6.07) is 14.7. The highest BCUT2D eigenvalue weighted by atomic mass is 35.5. The van der Waals surface area contributed by atoms with Crippen LogP contribution in [0.1, 0.15) is 5.56 Å². The summed E-state index contributed by atoms with van der Waals surface area (Å²) in [5, 5.41) is 12.5. The van der Waals surface area contributed by atoms with E-state index in [2.05, 4.69) is 15.3 Å². The third kappa shape index (κ3) is 3.11. The monoisotopic (exact) mass is 348 g/mol. The quantitative estimate of drug-likeness (QED) is 0.545. The zero-order valence-electron chi connectivity index (χ0n) is 11.2. The summed E-state index contributed by atoms with van der Waals surface area (Å²) in [5.41, 5.74) is 1.61. The molecule has 1 aromatic heterocycles. The maximum atomic E-state index is 6.21. The molecule has 1 heterocycles. The molecule has 2 aromatic carbocycles. The zero-order valence-corrected chi connectivity index (χ0v) is 13.5. The molecule has 0 aliphatic rings. The van der Waals surface area contributed by atoms with Crippen LogP contribution < -0.4 is 0 Å². The molecular weight excluding hydrogens is 339 g/mol. The molecule has 0 unspecified atom stereocenters. The number of nitrogens with one attached hydrogen (secondary N) is 1. The Kier molecular flexibility index (Phi) is 4.38. The number of rotatable bonds is 3. The number of aromatic amines is 1. The van der Waals surface area contributed by atoms with E-state index in [4.69, 9.17) is 35.4 Å². The molecule has 0 spiro atoms. The van der Waals surface area contributed by atoms with Gasteiger partial charge in [-0.1, -0.05) is 47.5 Å². The topological polar surface area (TPSA) is 46.0 Å². The van der Waals surface area contributed by atoms with Gasteiger partial charge in [0.15, 0.2) is 5.82 Å². The number of H-pyrrole nitrogens is 1. The van der Waals surface area contributed by atoms with Crippen molar-refractivity contribution in [2.75, 3.05) is 0 Å². The van der Waals surface area contributed by atoms with E-state index in [9.17, 15) is 0 Å². The van der Waals surface area contributed by atoms with Gasteiger partial charge in [-0.2, -0.15) is 14.9 Å². The first kappa shape index (κ1) is 15.0. The predicted octanol–water partition coefficient (Wildman–Crippen LogP) is 4.80. The van der Waals surface area contributed by atoms with Gasteiger partial charge < -0.3 is 0 Å². The molecule has 3 aromatic rings. The Labute approximate surface area is 142 Å². The average molecular weight is 349 g/mol. The highest BCUT2D eigenvalue weighted by molar-refractivity contribution is 7.71. The van der Waals surface area contributed by atoms with E-state index in [0.717, 1.165) is 11.1 Å². The normalized spacial score (nSPS) is 11.2. The highest BCUT2D eigenvalue weighted by Gasteiger charge is 2.11. The summed E-state index contributed by atoms with van der Waals surface area (Å²) < 4.78 is 1.91. The Morgan fingerprint density at radius 3 is 2.73 bits per heavy atom. The van der Waals surface area contributed by atoms with Crippen LogP contribution in [0.4, 0.5) is 0 Å². The molecule has 0 saturated heterocycles. The summed E-state index contributed by atoms with van der Waals surface area (Å²) in [4.78, 5) is 0. The van der Waals surface area contributed by atoms with Crippen LogP contribution in [0.3, 0.4) is 0 Å². The van der Waals surface area contributed by atoms with Crippen LogP contribution in [0, 0.1) is 4.77 Å². The van der Waals surface area contributed by atoms with Crippen LogP contribution in [-0.2, 0) is 0 Å². The molecule has 0 aliphatic carbocycles. The Morgan fingerprint density at radius 2 is 1.95 bits per heavy atom. The van der Waals surface area contributed by atoms with Gasteiger partial charge in [0.2, 0.25) is 4.77 Å². The standard InChI is InChI=1S/C15H10Cl2N4S/c16-11-5-3-4-10(8-11)9-18-21-14(19-20-15(21)22)12-6-1-2-7-13(12)17/h1-9H,(H,20,22)/b18-9-. The highest BCUT2D eigenvalue weighted by Crippen LogP contribution is 2.25. The SMILES string of the molecule is S=c1[nH]nc(-c2ccccc2Cl)n1/N=C\c1cccc(Cl)c1. The van der Waals surface area contributed by atoms with E-state index in [0.29, 0.717) is 20.6 Å². The number of hydrogen-bond donors (Lipinski definition) is 1. The molecule has 110 valence electrons. The summed E-state index contributed by atoms with van der Waals surface area (Å²) in [6.07, 6.45) is 1.66. The molecule has 0 bridgehead atoms. The van der Waals surface area contributed by atoms with Crippen molar-refractivity contribution in [1.82, 2.24) is 14.9 Å². The lowest BCUT2D eigenvalue weighted by atomic mass is 10.2. The van der Waals surface area contributed by atoms with Crippen molar-refractivity contribution in [2.24, 2.45) is 5.10 Å². The Morgan fingerprint density at radius 1 is 1.14 bits per heavy atom. The van der Waals surface area contributed by atoms with Crippen molar-refractivity contribution in [1.29, 1.82) is 0 Å². The number of halogens is 2. The van der Waals surface area contributed by atoms with Gasteiger partial charge in [-0.25, -0.2) is 5.10 Å². The van der Waals surface area contributed by atoms with Crippen molar-refractivity contribution in [3.8, 4) is 11.4 Å². The van der Waals surface area contributed by atoms with Crippen molar-refractivity contribution in [2.45, 2.75) is 0 Å². The van der Waals surface area contributed by atoms with Gasteiger partial charge in [0.1, 0.15) is 0 Å². The van der Waals surface area contributed by atoms with Gasteiger partial charge >= 0.3 is 0 Å². The lowest BCUT2D eigenvalue weighted by Crippen LogP contribution is -1.95. The van der Waals surface area contributed by atoms with Crippen LogP contribution >= 0.6 is 35.4 Å². The molecule has 0 amide bonds. The first-order valence-corrected chi connectivity index (χ1v) is 7.54. The third-order valence-electron chi connectivity index (χ3n) is 2.94. The number of aromatic nitrogens is 3. The van der Waals surface area contributed by atoms with Gasteiger partial charge in [-0.3, -0.25) is 0 Å². The van der Waals surface area contributed by atoms with Gasteiger partial charge in [0.05, 0.1) is 11.2 Å². The van der Waals surface area contributed by atoms with E-state index in [1.54, 1.807) is 18.3 Å². The van der Waals surface area contributed by atoms with Crippen molar-refractivity contribution in [3.05, 3.63) is 68.9 Å². The largest absolute Gasteiger partial charge is 0.250 e. The average Bonchev–Trinajstić information content (AvgIpc) is 2.87. The fourth-order valence-corrected chi connectivity index (χ4v) is 2.53. The van der Waals surface area contributed by atoms with E-state index >= 15 is 0 Å². The molecule has 22 heavy (non-hydrogen) atoms. The summed E-state index contributed by atoms with van der Waals surface area (Å²) >= 11 is 17.4. The second-order valence-electron chi connectivity index (χ2n) is 4.44. The molecular formula is C15H10Cl2N4S. The van der Waals surface area contributed by atoms with E-state index < -0.39 is 0 Å². The number of hydrogen-bond acceptors (Lipinski definition) is 3. The minimum atomic E-state index is 0.383. The van der Waals surface area contributed by atoms with Crippen LogP contribution in [0.5, 0.6) is 0 Å². The minimum absolute atomic E-state index is 0.383. The van der Waals surface area contributed by atoms with Gasteiger partial charge in [-0.05, 0) is 42.0 Å². The van der Waals surface area contributed by atoms with E-state index in [1.807, 2.05) is 36.4 Å². The molecule has 7 heteroatoms. The summed E-state index contributed by atoms with van der Waals surface area (Å²) in [6.45, 7) is 0. The lowest BCUT2D eigenvalue weighted by Gasteiger charge is -2.03. The van der Waals surface area contributed by atoms with Gasteiger partial charge in [-0.15, -0.1) is 0 Å². The molecule has 0 aliphatic heterocycles. The molecule has 3 rings (SSSR count). The fourth-order valence-electron chi connectivity index (χ4n) is 1.93. The zero-order chi connectivity index (χ0) is 15.5. The summed E-state index contributed by atoms with van der Waals surface area (Å²) in [7, 11) is 0. The third-order valence-corrected chi connectivity index (χ3v) is 3.77. The maximum Gasteiger partial charge on any atom is 0.216 e. The molecule has 0 saturated carbocycles. The Balaban J connectivity index is 2.04. The molecule has 0 atom stereocenters. The first-order valence-electron chi connectivity index (χ1n) is 6.37. The fraction of sp³-hybridized carbons (Fsp3) is 0. The number of nitrogens with zero attached hydrogens (tertiary/aromatic N) is 3. The first-order chi connectivity index (χ1) is 10.6. The number of benzene rings is 2. The maximum absolute atomic E-state index is 6.21. The summed E-state index contributed by atoms with van der Waals surface area (Å²) in [5.74, 6) is 0.550. The van der Waals surface area contributed by atoms with Gasteiger partial charge in [0.25, 0.3) is 0 Å². The molecule has 0 radical (unpaired) electrons. The molecule has 4 nitrogen and oxygen atoms in total. The molecule has 1 N–H and O–H groups in total. The predicted molar refractivity (Wildman–Crippen MR) is 92.3 cm³/mol. The van der Waals surface area contributed by atoms with Crippen LogP contribution in [0.15, 0.2) is 53.6 Å². The minimum Gasteiger partial charge on any atom is -0.250 e. The Bertz CT molecular complexity index is 898. The smallest absolute Gasteiger partial charge is 0.216 e. The van der Waals surface area contributed by atoms with E-state index in [-0.39, 0.29) is 0 Å². The van der Waals surface area contributed by atoms with Crippen molar-refractivity contribution < 1.29 is 0 Å². The lowest BCUT2D eigenvalue weighted by molar-refractivity contribution is 0.871. The van der Waals surface area contributed by atoms with Crippen LogP contribution in [-0.4, -0.2) is 21.1 Å². The van der Waals surface area contributed by atoms with Crippen molar-refractivity contribution in [3.63, 3.8) is 0 Å². The van der Waals surface area contributed by atoms with Crippen LogP contribution in [0.2, 0.25) is 10.0 Å². The second kappa shape index (κ2) is 6.44. The second-order valence-corrected chi connectivity index (χ2v) is 5.67. The van der Waals surface area contributed by atoms with Crippen LogP contribution in [0.25, 0.3) is 11.4 Å². The van der Waals surface area contributed by atoms with Gasteiger partial charge in [0, 0.05) is 10.6 Å². The molecule has 0 fully saturated rings. The van der Waals surface area contributed by atoms with Crippen molar-refractivity contribution >= 4 is 41.6 Å². The van der Waals surface area contributed by atoms with E-state index in [1.165, 1.54) is 4.68 Å².